The van der Waals surface area contributed by atoms with E-state index in [9.17, 15) is 0 Å². The van der Waals surface area contributed by atoms with Crippen molar-refractivity contribution in [2.24, 2.45) is 0 Å². The van der Waals surface area contributed by atoms with Crippen LogP contribution < -0.4 is 0 Å². The summed E-state index contributed by atoms with van der Waals surface area (Å²) in [6.07, 6.45) is 0. The molecule has 0 aromatic rings. The SMILES string of the molecule is CC(=O)O.CC(=O)O.CC(=O)O.CC(=O)O.[Cl][Pt+2][Cl].[Cl][Pt+2][Cl].[NH2-].[NH2-].[NH2-].[NH2-]. The van der Waals surface area contributed by atoms with Crippen molar-refractivity contribution in [2.45, 2.75) is 27.7 Å². The van der Waals surface area contributed by atoms with Crippen molar-refractivity contribution in [1.82, 2.24) is 0 Å². The van der Waals surface area contributed by atoms with E-state index < -0.39 is 56.8 Å². The molecule has 0 aromatic heterocycles. The second-order valence-electron chi connectivity index (χ2n) is 2.17. The normalized spacial score (nSPS) is 5.54. The van der Waals surface area contributed by atoms with E-state index in [1.165, 1.54) is 0 Å². The van der Waals surface area contributed by atoms with Crippen LogP contribution in [0.2, 0.25) is 0 Å². The van der Waals surface area contributed by atoms with Gasteiger partial charge in [0.05, 0.1) is 0 Å². The number of aliphatic carboxylic acids is 4. The summed E-state index contributed by atoms with van der Waals surface area (Å²) in [6, 6.07) is 0. The minimum Gasteiger partial charge on any atom is -0.693 e. The zero-order valence-corrected chi connectivity index (χ0v) is 21.4. The van der Waals surface area contributed by atoms with Gasteiger partial charge in [-0.3, -0.25) is 19.2 Å². The van der Waals surface area contributed by atoms with Crippen LogP contribution in [0.15, 0.2) is 0 Å². The molecule has 12 N–H and O–H groups in total. The Balaban J connectivity index is -0.0000000144. The molecule has 0 aromatic carbocycles. The monoisotopic (exact) mass is 834 g/mol. The quantitative estimate of drug-likeness (QED) is 0.224. The summed E-state index contributed by atoms with van der Waals surface area (Å²) in [4.78, 5) is 36.0. The number of hydrogen-bond donors (Lipinski definition) is 4. The van der Waals surface area contributed by atoms with Crippen molar-refractivity contribution < 1.29 is 72.6 Å². The van der Waals surface area contributed by atoms with E-state index in [0.717, 1.165) is 27.7 Å². The average molecular weight is 836 g/mol. The standard InChI is InChI=1S/4C2H4O2.4ClH.4H2N.2Pt/c4*1-2(3)4;;;;;;;;;;/h4*1H3,(H,3,4);4*1H;4*1H2;;/q;;;;;;;;4*-1;2*+4/p-4. The van der Waals surface area contributed by atoms with Gasteiger partial charge in [-0.25, -0.2) is 0 Å². The molecule has 18 heteroatoms. The maximum atomic E-state index is 9.00. The first-order valence-corrected chi connectivity index (χ1v) is 15.5. The van der Waals surface area contributed by atoms with E-state index >= 15 is 0 Å². The van der Waals surface area contributed by atoms with Crippen LogP contribution in [0, 0.1) is 0 Å². The summed E-state index contributed by atoms with van der Waals surface area (Å²) < 4.78 is 0. The summed E-state index contributed by atoms with van der Waals surface area (Å²) in [5.74, 6) is -3.33. The average Bonchev–Trinajstić information content (AvgIpc) is 2.13. The Kier molecular flexibility index (Phi) is 178. The van der Waals surface area contributed by atoms with Crippen LogP contribution in [0.1, 0.15) is 27.7 Å². The van der Waals surface area contributed by atoms with Gasteiger partial charge in [-0.2, -0.15) is 0 Å². The number of nitrogens with two attached hydrogens (primary N) is 4. The fourth-order valence-corrected chi connectivity index (χ4v) is 0. The third-order valence-corrected chi connectivity index (χ3v) is 0. The smallest absolute Gasteiger partial charge is 0.693 e. The van der Waals surface area contributed by atoms with Crippen molar-refractivity contribution >= 4 is 61.5 Å². The molecule has 0 atom stereocenters. The molecule has 0 heterocycles. The van der Waals surface area contributed by atoms with Crippen molar-refractivity contribution in [2.75, 3.05) is 0 Å². The van der Waals surface area contributed by atoms with Gasteiger partial charge < -0.3 is 45.0 Å². The number of carboxylic acid groups (broad SMARTS) is 4. The molecule has 172 valence electrons. The van der Waals surface area contributed by atoms with Crippen molar-refractivity contribution in [3.63, 3.8) is 0 Å². The maximum absolute atomic E-state index is 9.00. The Morgan fingerprint density at radius 1 is 0.500 bits per heavy atom. The first-order valence-electron chi connectivity index (χ1n) is 4.19. The number of halogens is 4. The van der Waals surface area contributed by atoms with Crippen LogP contribution in [0.5, 0.6) is 0 Å². The van der Waals surface area contributed by atoms with Crippen LogP contribution in [0.3, 0.4) is 0 Å². The van der Waals surface area contributed by atoms with Crippen LogP contribution in [0.4, 0.5) is 0 Å². The van der Waals surface area contributed by atoms with Gasteiger partial charge in [-0.05, 0) is 0 Å². The Morgan fingerprint density at radius 2 is 0.500 bits per heavy atom. The molecule has 0 spiro atoms. The van der Waals surface area contributed by atoms with Gasteiger partial charge in [0.15, 0.2) is 0 Å². The maximum Gasteiger partial charge on any atom is -0.693 e. The summed E-state index contributed by atoms with van der Waals surface area (Å²) >= 11 is -0.944. The Morgan fingerprint density at radius 3 is 0.500 bits per heavy atom. The van der Waals surface area contributed by atoms with Crippen LogP contribution in [0.25, 0.3) is 24.6 Å². The van der Waals surface area contributed by atoms with Crippen molar-refractivity contribution in [3.8, 4) is 0 Å². The number of carboxylic acids is 4. The summed E-state index contributed by atoms with van der Waals surface area (Å²) in [5.41, 5.74) is 0. The summed E-state index contributed by atoms with van der Waals surface area (Å²) in [5, 5.41) is 29.7. The zero-order valence-electron chi connectivity index (χ0n) is 13.9. The molecule has 0 aliphatic carbocycles. The van der Waals surface area contributed by atoms with Crippen molar-refractivity contribution in [3.05, 3.63) is 24.6 Å². The van der Waals surface area contributed by atoms with Crippen molar-refractivity contribution in [1.29, 1.82) is 0 Å². The predicted molar refractivity (Wildman–Crippen MR) is 97.8 cm³/mol. The predicted octanol–water partition coefficient (Wildman–Crippen LogP) is 5.99. The number of carbonyl (C=O) groups is 4. The molecular formula is C8H24Cl4N4O8Pt2. The first-order chi connectivity index (χ1) is 9.76. The second kappa shape index (κ2) is 73.1. The van der Waals surface area contributed by atoms with E-state index in [0.29, 0.717) is 0 Å². The minimum atomic E-state index is -0.833. The van der Waals surface area contributed by atoms with Crippen LogP contribution in [-0.2, 0) is 52.1 Å². The molecule has 0 bridgehead atoms. The van der Waals surface area contributed by atoms with E-state index in [-0.39, 0.29) is 24.6 Å². The Hall–Kier alpha value is 0.257. The fourth-order valence-electron chi connectivity index (χ4n) is 0. The molecule has 0 fully saturated rings. The zero-order chi connectivity index (χ0) is 19.7. The summed E-state index contributed by atoms with van der Waals surface area (Å²) in [7, 11) is 19.5. The molecule has 12 nitrogen and oxygen atoms in total. The molecule has 0 rings (SSSR count). The van der Waals surface area contributed by atoms with E-state index in [2.05, 4.69) is 0 Å². The number of hydrogen-bond acceptors (Lipinski definition) is 4. The molecule has 0 amide bonds. The molecule has 0 aliphatic heterocycles. The first kappa shape index (κ1) is 63.4. The summed E-state index contributed by atoms with van der Waals surface area (Å²) in [6.45, 7) is 4.33. The molecular weight excluding hydrogens is 812 g/mol. The second-order valence-corrected chi connectivity index (χ2v) is 8.73. The van der Waals surface area contributed by atoms with Gasteiger partial charge in [0.2, 0.25) is 0 Å². The van der Waals surface area contributed by atoms with Gasteiger partial charge in [-0.15, -0.1) is 0 Å². The largest absolute Gasteiger partial charge is 0.693 e. The molecule has 0 saturated carbocycles. The third kappa shape index (κ3) is 199000. The fraction of sp³-hybridized carbons (Fsp3) is 0.500. The van der Waals surface area contributed by atoms with Gasteiger partial charge in [0.1, 0.15) is 0 Å². The van der Waals surface area contributed by atoms with Gasteiger partial charge in [-0.1, -0.05) is 0 Å². The Bertz CT molecular complexity index is 219. The van der Waals surface area contributed by atoms with Gasteiger partial charge >= 0.3 is 70.6 Å². The molecule has 0 radical (unpaired) electrons. The molecule has 26 heavy (non-hydrogen) atoms. The molecule has 0 unspecified atom stereocenters. The van der Waals surface area contributed by atoms with Gasteiger partial charge in [0.25, 0.3) is 23.9 Å². The van der Waals surface area contributed by atoms with Gasteiger partial charge in [0, 0.05) is 27.7 Å². The molecule has 0 saturated heterocycles. The van der Waals surface area contributed by atoms with Crippen LogP contribution >= 0.6 is 37.7 Å². The molecule has 0 aliphatic rings. The topological polar surface area (TPSA) is 283 Å². The van der Waals surface area contributed by atoms with E-state index in [4.69, 9.17) is 77.3 Å². The Labute approximate surface area is 185 Å². The minimum absolute atomic E-state index is 0. The van der Waals surface area contributed by atoms with E-state index in [1.807, 2.05) is 0 Å². The van der Waals surface area contributed by atoms with Crippen LogP contribution in [-0.4, -0.2) is 44.3 Å². The third-order valence-electron chi connectivity index (χ3n) is 0. The number of rotatable bonds is 0. The van der Waals surface area contributed by atoms with E-state index in [1.54, 1.807) is 0 Å².